The Morgan fingerprint density at radius 1 is 0.854 bits per heavy atom. The van der Waals surface area contributed by atoms with Gasteiger partial charge in [-0.25, -0.2) is 9.88 Å². The fraction of sp³-hybridized carbons (Fsp3) is 0.235. The van der Waals surface area contributed by atoms with Crippen molar-refractivity contribution in [2.24, 2.45) is 17.8 Å². The molecule has 5 aromatic rings. The van der Waals surface area contributed by atoms with E-state index >= 15 is 0 Å². The highest BCUT2D eigenvalue weighted by atomic mass is 16.2. The Balaban J connectivity index is 1.39. The number of aromatic nitrogens is 2. The second kappa shape index (κ2) is 8.44. The molecule has 0 bridgehead atoms. The first-order valence-electron chi connectivity index (χ1n) is 14.2. The SMILES string of the molecule is CC(C)C[C@@H]1N[C@@]2(c3ccccc3-n3c2nc2ccccc2c3=O)[C@H]2C(=O)N(c3ccc4ccccc4c3)C(=O)[C@@H]12. The number of amides is 2. The van der Waals surface area contributed by atoms with E-state index in [0.717, 1.165) is 16.3 Å². The number of carbonyl (C=O) groups is 2. The third-order valence-electron chi connectivity index (χ3n) is 9.08. The molecule has 2 fully saturated rings. The van der Waals surface area contributed by atoms with E-state index in [1.165, 1.54) is 4.90 Å². The van der Waals surface area contributed by atoms with Crippen LogP contribution in [0.2, 0.25) is 0 Å². The van der Waals surface area contributed by atoms with Gasteiger partial charge in [-0.1, -0.05) is 74.5 Å². The summed E-state index contributed by atoms with van der Waals surface area (Å²) in [6.07, 6.45) is 0.702. The number of anilines is 1. The van der Waals surface area contributed by atoms with Gasteiger partial charge in [-0.2, -0.15) is 0 Å². The van der Waals surface area contributed by atoms with Gasteiger partial charge in [0.15, 0.2) is 0 Å². The first-order valence-corrected chi connectivity index (χ1v) is 14.2. The standard InChI is InChI=1S/C34H28N4O3/c1-19(2)17-26-28-29(32(41)37(31(28)40)22-16-15-20-9-3-4-10-21(20)18-22)34(36-26)24-12-6-8-14-27(24)38-30(39)23-11-5-7-13-25(23)35-33(34)38/h3-16,18-19,26,28-29,36H,17H2,1-2H3/t26-,28-,29+,34-/m0/s1. The van der Waals surface area contributed by atoms with Crippen LogP contribution < -0.4 is 15.8 Å². The van der Waals surface area contributed by atoms with Crippen molar-refractivity contribution in [3.8, 4) is 5.69 Å². The molecule has 0 aliphatic carbocycles. The normalized spacial score (nSPS) is 24.6. The molecule has 0 radical (unpaired) electrons. The van der Waals surface area contributed by atoms with Crippen molar-refractivity contribution >= 4 is 39.2 Å². The number of carbonyl (C=O) groups excluding carboxylic acids is 2. The zero-order chi connectivity index (χ0) is 28.0. The van der Waals surface area contributed by atoms with E-state index in [9.17, 15) is 14.4 Å². The van der Waals surface area contributed by atoms with Gasteiger partial charge in [-0.05, 0) is 53.4 Å². The van der Waals surface area contributed by atoms with Crippen LogP contribution in [0.25, 0.3) is 27.4 Å². The highest BCUT2D eigenvalue weighted by molar-refractivity contribution is 6.23. The van der Waals surface area contributed by atoms with E-state index in [1.54, 1.807) is 10.6 Å². The number of para-hydroxylation sites is 2. The van der Waals surface area contributed by atoms with Crippen LogP contribution in [0, 0.1) is 17.8 Å². The molecule has 1 aromatic heterocycles. The van der Waals surface area contributed by atoms with Gasteiger partial charge in [0.1, 0.15) is 11.4 Å². The van der Waals surface area contributed by atoms with Crippen molar-refractivity contribution in [2.75, 3.05) is 4.90 Å². The van der Waals surface area contributed by atoms with E-state index in [4.69, 9.17) is 4.98 Å². The van der Waals surface area contributed by atoms with E-state index in [2.05, 4.69) is 19.2 Å². The Morgan fingerprint density at radius 2 is 1.59 bits per heavy atom. The predicted octanol–water partition coefficient (Wildman–Crippen LogP) is 4.92. The Labute approximate surface area is 236 Å². The maximum Gasteiger partial charge on any atom is 0.266 e. The molecule has 3 aliphatic rings. The number of benzene rings is 4. The summed E-state index contributed by atoms with van der Waals surface area (Å²) in [6.45, 7) is 4.24. The molecule has 0 unspecified atom stereocenters. The first-order chi connectivity index (χ1) is 19.9. The lowest BCUT2D eigenvalue weighted by Gasteiger charge is -2.32. The minimum Gasteiger partial charge on any atom is -0.297 e. The molecule has 202 valence electrons. The second-order valence-corrected chi connectivity index (χ2v) is 11.8. The predicted molar refractivity (Wildman–Crippen MR) is 158 cm³/mol. The number of fused-ring (bicyclic) bond motifs is 9. The van der Waals surface area contributed by atoms with Crippen LogP contribution in [0.1, 0.15) is 31.7 Å². The molecule has 1 N–H and O–H groups in total. The van der Waals surface area contributed by atoms with Crippen LogP contribution in [0.3, 0.4) is 0 Å². The largest absolute Gasteiger partial charge is 0.297 e. The number of hydrogen-bond acceptors (Lipinski definition) is 5. The van der Waals surface area contributed by atoms with Gasteiger partial charge in [0, 0.05) is 11.6 Å². The van der Waals surface area contributed by atoms with Gasteiger partial charge in [-0.3, -0.25) is 24.3 Å². The fourth-order valence-electron chi connectivity index (χ4n) is 7.50. The Hall–Kier alpha value is -4.62. The van der Waals surface area contributed by atoms with Crippen molar-refractivity contribution < 1.29 is 9.59 Å². The lowest BCUT2D eigenvalue weighted by molar-refractivity contribution is -0.123. The van der Waals surface area contributed by atoms with Crippen molar-refractivity contribution in [3.05, 3.63) is 113 Å². The van der Waals surface area contributed by atoms with Gasteiger partial charge >= 0.3 is 0 Å². The average molecular weight is 541 g/mol. The maximum atomic E-state index is 14.6. The first kappa shape index (κ1) is 24.2. The molecule has 3 aliphatic heterocycles. The lowest BCUT2D eigenvalue weighted by Crippen LogP contribution is -2.50. The molecule has 1 spiro atoms. The Kier molecular flexibility index (Phi) is 4.98. The monoisotopic (exact) mass is 540 g/mol. The average Bonchev–Trinajstić information content (AvgIpc) is 3.55. The summed E-state index contributed by atoms with van der Waals surface area (Å²) in [6, 6.07) is 28.3. The van der Waals surface area contributed by atoms with Crippen molar-refractivity contribution in [1.29, 1.82) is 0 Å². The van der Waals surface area contributed by atoms with Gasteiger partial charge in [0.2, 0.25) is 11.8 Å². The summed E-state index contributed by atoms with van der Waals surface area (Å²) >= 11 is 0. The minimum absolute atomic E-state index is 0.177. The second-order valence-electron chi connectivity index (χ2n) is 11.8. The maximum absolute atomic E-state index is 14.6. The summed E-state index contributed by atoms with van der Waals surface area (Å²) in [5, 5.41) is 6.30. The number of nitrogens with one attached hydrogen (secondary N) is 1. The molecule has 4 atom stereocenters. The minimum atomic E-state index is -1.12. The molecule has 2 saturated heterocycles. The summed E-state index contributed by atoms with van der Waals surface area (Å²) < 4.78 is 1.65. The van der Waals surface area contributed by atoms with Crippen molar-refractivity contribution in [3.63, 3.8) is 0 Å². The van der Waals surface area contributed by atoms with Crippen LogP contribution in [0.4, 0.5) is 5.69 Å². The molecule has 0 saturated carbocycles. The highest BCUT2D eigenvalue weighted by Gasteiger charge is 2.69. The topological polar surface area (TPSA) is 84.3 Å². The molecule has 7 heteroatoms. The van der Waals surface area contributed by atoms with E-state index in [1.807, 2.05) is 84.9 Å². The molecule has 8 rings (SSSR count). The molecule has 4 aromatic carbocycles. The zero-order valence-electron chi connectivity index (χ0n) is 22.7. The van der Waals surface area contributed by atoms with E-state index in [-0.39, 0.29) is 29.3 Å². The third-order valence-corrected chi connectivity index (χ3v) is 9.08. The van der Waals surface area contributed by atoms with Crippen molar-refractivity contribution in [2.45, 2.75) is 31.8 Å². The lowest BCUT2D eigenvalue weighted by atomic mass is 9.75. The van der Waals surface area contributed by atoms with Crippen molar-refractivity contribution in [1.82, 2.24) is 14.9 Å². The number of nitrogens with zero attached hydrogens (tertiary/aromatic N) is 3. The van der Waals surface area contributed by atoms with Gasteiger partial charge in [0.25, 0.3) is 5.56 Å². The molecule has 4 heterocycles. The van der Waals surface area contributed by atoms with Gasteiger partial charge in [0.05, 0.1) is 34.1 Å². The summed E-state index contributed by atoms with van der Waals surface area (Å²) in [4.78, 5) is 49.4. The van der Waals surface area contributed by atoms with Crippen LogP contribution >= 0.6 is 0 Å². The molecule has 41 heavy (non-hydrogen) atoms. The summed E-state index contributed by atoms with van der Waals surface area (Å²) in [5.41, 5.74) is 1.35. The van der Waals surface area contributed by atoms with Crippen LogP contribution in [-0.2, 0) is 15.1 Å². The fourth-order valence-corrected chi connectivity index (χ4v) is 7.50. The Morgan fingerprint density at radius 3 is 2.41 bits per heavy atom. The van der Waals surface area contributed by atoms with Gasteiger partial charge < -0.3 is 0 Å². The number of imide groups is 1. The van der Waals surface area contributed by atoms with Crippen LogP contribution in [0.15, 0.2) is 95.8 Å². The molecule has 7 nitrogen and oxygen atoms in total. The van der Waals surface area contributed by atoms with E-state index < -0.39 is 17.4 Å². The summed E-state index contributed by atoms with van der Waals surface area (Å²) in [5.74, 6) is -1.06. The quantitative estimate of drug-likeness (QED) is 0.329. The number of hydrogen-bond donors (Lipinski definition) is 1. The molecular formula is C34H28N4O3. The molecule has 2 amide bonds. The van der Waals surface area contributed by atoms with E-state index in [0.29, 0.717) is 34.5 Å². The molecular weight excluding hydrogens is 512 g/mol. The third kappa shape index (κ3) is 3.12. The smallest absolute Gasteiger partial charge is 0.266 e. The zero-order valence-corrected chi connectivity index (χ0v) is 22.7. The Bertz CT molecular complexity index is 2000. The number of rotatable bonds is 3. The van der Waals surface area contributed by atoms with Crippen LogP contribution in [-0.4, -0.2) is 27.4 Å². The highest BCUT2D eigenvalue weighted by Crippen LogP contribution is 2.56. The summed E-state index contributed by atoms with van der Waals surface area (Å²) in [7, 11) is 0. The van der Waals surface area contributed by atoms with Crippen LogP contribution in [0.5, 0.6) is 0 Å². The van der Waals surface area contributed by atoms with Gasteiger partial charge in [-0.15, -0.1) is 0 Å².